The Bertz CT molecular complexity index is 655. The fourth-order valence-electron chi connectivity index (χ4n) is 2.29. The lowest BCUT2D eigenvalue weighted by atomic mass is 10.1. The zero-order chi connectivity index (χ0) is 13.9. The highest BCUT2D eigenvalue weighted by Crippen LogP contribution is 2.36. The van der Waals surface area contributed by atoms with Crippen LogP contribution in [0, 0.1) is 0 Å². The van der Waals surface area contributed by atoms with E-state index in [1.165, 1.54) is 11.1 Å². The highest BCUT2D eigenvalue weighted by Gasteiger charge is 2.17. The molecule has 4 heteroatoms. The van der Waals surface area contributed by atoms with E-state index in [4.69, 9.17) is 4.74 Å². The maximum Gasteiger partial charge on any atom is 0.150 e. The minimum atomic E-state index is 0.714. The number of fused-ring (bicyclic) bond motifs is 1. The molecule has 1 aliphatic rings. The number of halogens is 1. The molecule has 0 aromatic heterocycles. The molecule has 0 fully saturated rings. The maximum absolute atomic E-state index is 10.8. The van der Waals surface area contributed by atoms with Crippen LogP contribution < -0.4 is 4.74 Å². The topological polar surface area (TPSA) is 26.3 Å². The van der Waals surface area contributed by atoms with E-state index in [0.717, 1.165) is 40.2 Å². The highest BCUT2D eigenvalue weighted by atomic mass is 79.9. The molecule has 0 N–H and O–H groups in total. The lowest BCUT2D eigenvalue weighted by Gasteiger charge is -2.09. The van der Waals surface area contributed by atoms with Gasteiger partial charge in [0, 0.05) is 32.7 Å². The predicted octanol–water partition coefficient (Wildman–Crippen LogP) is 4.49. The number of rotatable bonds is 4. The van der Waals surface area contributed by atoms with E-state index in [2.05, 4.69) is 28.1 Å². The zero-order valence-electron chi connectivity index (χ0n) is 10.8. The summed E-state index contributed by atoms with van der Waals surface area (Å²) in [5, 5.41) is 0. The van der Waals surface area contributed by atoms with Crippen LogP contribution in [0.1, 0.15) is 21.5 Å². The van der Waals surface area contributed by atoms with Crippen LogP contribution in [0.25, 0.3) is 0 Å². The summed E-state index contributed by atoms with van der Waals surface area (Å²) in [7, 11) is 0. The zero-order valence-corrected chi connectivity index (χ0v) is 13.2. The van der Waals surface area contributed by atoms with Gasteiger partial charge in [0.1, 0.15) is 12.0 Å². The van der Waals surface area contributed by atoms with Gasteiger partial charge in [-0.1, -0.05) is 28.1 Å². The summed E-state index contributed by atoms with van der Waals surface area (Å²) in [6.45, 7) is 0.768. The van der Waals surface area contributed by atoms with E-state index in [9.17, 15) is 4.79 Å². The van der Waals surface area contributed by atoms with Crippen molar-refractivity contribution in [2.24, 2.45) is 0 Å². The van der Waals surface area contributed by atoms with Crippen LogP contribution in [0.3, 0.4) is 0 Å². The summed E-state index contributed by atoms with van der Waals surface area (Å²) in [5.74, 6) is 1.87. The second-order valence-corrected chi connectivity index (χ2v) is 6.60. The number of ether oxygens (including phenoxy) is 1. The first-order valence-electron chi connectivity index (χ1n) is 6.38. The van der Waals surface area contributed by atoms with E-state index >= 15 is 0 Å². The van der Waals surface area contributed by atoms with Crippen LogP contribution in [-0.4, -0.2) is 12.9 Å². The number of thioether (sulfide) groups is 1. The van der Waals surface area contributed by atoms with Crippen LogP contribution in [0.5, 0.6) is 5.75 Å². The van der Waals surface area contributed by atoms with Gasteiger partial charge in [0.25, 0.3) is 0 Å². The van der Waals surface area contributed by atoms with Gasteiger partial charge in [-0.05, 0) is 29.8 Å². The minimum absolute atomic E-state index is 0.714. The van der Waals surface area contributed by atoms with Crippen LogP contribution >= 0.6 is 27.7 Å². The van der Waals surface area contributed by atoms with E-state index < -0.39 is 0 Å². The van der Waals surface area contributed by atoms with E-state index in [0.29, 0.717) is 5.56 Å². The van der Waals surface area contributed by atoms with Crippen molar-refractivity contribution >= 4 is 34.0 Å². The summed E-state index contributed by atoms with van der Waals surface area (Å²) in [4.78, 5) is 11.9. The van der Waals surface area contributed by atoms with Gasteiger partial charge in [-0.3, -0.25) is 4.79 Å². The monoisotopic (exact) mass is 348 g/mol. The molecule has 0 bridgehead atoms. The molecule has 0 unspecified atom stereocenters. The summed E-state index contributed by atoms with van der Waals surface area (Å²) in [6.07, 6.45) is 1.86. The molecule has 2 nitrogen and oxygen atoms in total. The van der Waals surface area contributed by atoms with Crippen LogP contribution in [0.2, 0.25) is 0 Å². The lowest BCUT2D eigenvalue weighted by Crippen LogP contribution is -1.91. The smallest absolute Gasteiger partial charge is 0.150 e. The molecule has 102 valence electrons. The third-order valence-corrected chi connectivity index (χ3v) is 4.71. The Morgan fingerprint density at radius 1 is 1.30 bits per heavy atom. The number of hydrogen-bond acceptors (Lipinski definition) is 3. The van der Waals surface area contributed by atoms with Gasteiger partial charge in [0.15, 0.2) is 0 Å². The summed E-state index contributed by atoms with van der Waals surface area (Å²) >= 11 is 5.27. The maximum atomic E-state index is 10.8. The lowest BCUT2D eigenvalue weighted by molar-refractivity contribution is 0.112. The first kappa shape index (κ1) is 13.7. The van der Waals surface area contributed by atoms with Crippen LogP contribution in [0.4, 0.5) is 0 Å². The first-order chi connectivity index (χ1) is 9.76. The molecule has 0 aliphatic carbocycles. The predicted molar refractivity (Wildman–Crippen MR) is 84.7 cm³/mol. The Kier molecular flexibility index (Phi) is 4.13. The van der Waals surface area contributed by atoms with Gasteiger partial charge in [-0.15, -0.1) is 11.8 Å². The molecular weight excluding hydrogens is 336 g/mol. The second kappa shape index (κ2) is 6.02. The van der Waals surface area contributed by atoms with Crippen LogP contribution in [-0.2, 0) is 12.2 Å². The van der Waals surface area contributed by atoms with Crippen molar-refractivity contribution in [1.82, 2.24) is 0 Å². The average Bonchev–Trinajstić information content (AvgIpc) is 2.93. The van der Waals surface area contributed by atoms with Gasteiger partial charge < -0.3 is 4.74 Å². The van der Waals surface area contributed by atoms with Crippen molar-refractivity contribution in [3.8, 4) is 5.75 Å². The molecule has 0 saturated heterocycles. The Morgan fingerprint density at radius 2 is 2.20 bits per heavy atom. The molecule has 0 amide bonds. The van der Waals surface area contributed by atoms with Gasteiger partial charge in [-0.2, -0.15) is 0 Å². The number of carbonyl (C=O) groups is 1. The van der Waals surface area contributed by atoms with Crippen molar-refractivity contribution in [2.75, 3.05) is 6.61 Å². The quantitative estimate of drug-likeness (QED) is 0.601. The Morgan fingerprint density at radius 3 is 3.05 bits per heavy atom. The molecule has 20 heavy (non-hydrogen) atoms. The van der Waals surface area contributed by atoms with Crippen molar-refractivity contribution in [3.63, 3.8) is 0 Å². The third kappa shape index (κ3) is 2.91. The molecule has 1 aliphatic heterocycles. The SMILES string of the molecule is O=Cc1cccc(SCc2cc(Br)cc3c2OCC3)c1. The van der Waals surface area contributed by atoms with E-state index in [-0.39, 0.29) is 0 Å². The fourth-order valence-corrected chi connectivity index (χ4v) is 3.78. The molecular formula is C16H13BrO2S. The van der Waals surface area contributed by atoms with Crippen molar-refractivity contribution in [2.45, 2.75) is 17.1 Å². The molecule has 0 atom stereocenters. The molecule has 0 radical (unpaired) electrons. The van der Waals surface area contributed by atoms with E-state index in [1.54, 1.807) is 11.8 Å². The molecule has 3 rings (SSSR count). The Labute approximate surface area is 130 Å². The molecule has 0 saturated carbocycles. The standard InChI is InChI=1S/C16H13BrO2S/c17-14-7-12-4-5-19-16(12)13(8-14)10-20-15-3-1-2-11(6-15)9-18/h1-3,6-9H,4-5,10H2. The molecule has 2 aromatic rings. The number of benzene rings is 2. The average molecular weight is 349 g/mol. The van der Waals surface area contributed by atoms with Crippen molar-refractivity contribution < 1.29 is 9.53 Å². The van der Waals surface area contributed by atoms with Gasteiger partial charge in [-0.25, -0.2) is 0 Å². The number of carbonyl (C=O) groups excluding carboxylic acids is 1. The third-order valence-electron chi connectivity index (χ3n) is 3.21. The summed E-state index contributed by atoms with van der Waals surface area (Å²) in [5.41, 5.74) is 3.19. The second-order valence-electron chi connectivity index (χ2n) is 4.63. The van der Waals surface area contributed by atoms with Crippen LogP contribution in [0.15, 0.2) is 45.8 Å². The molecule has 0 spiro atoms. The van der Waals surface area contributed by atoms with Crippen molar-refractivity contribution in [3.05, 3.63) is 57.6 Å². The Balaban J connectivity index is 1.80. The molecule has 1 heterocycles. The minimum Gasteiger partial charge on any atom is -0.493 e. The van der Waals surface area contributed by atoms with Gasteiger partial charge in [0.2, 0.25) is 0 Å². The van der Waals surface area contributed by atoms with Gasteiger partial charge >= 0.3 is 0 Å². The summed E-state index contributed by atoms with van der Waals surface area (Å²) < 4.78 is 6.82. The highest BCUT2D eigenvalue weighted by molar-refractivity contribution is 9.10. The normalized spacial score (nSPS) is 12.8. The first-order valence-corrected chi connectivity index (χ1v) is 8.16. The molecule has 2 aromatic carbocycles. The largest absolute Gasteiger partial charge is 0.493 e. The summed E-state index contributed by atoms with van der Waals surface area (Å²) in [6, 6.07) is 11.9. The van der Waals surface area contributed by atoms with Crippen molar-refractivity contribution in [1.29, 1.82) is 0 Å². The Hall–Kier alpha value is -1.26. The number of aldehydes is 1. The number of hydrogen-bond donors (Lipinski definition) is 0. The van der Waals surface area contributed by atoms with E-state index in [1.807, 2.05) is 24.3 Å². The fraction of sp³-hybridized carbons (Fsp3) is 0.188. The van der Waals surface area contributed by atoms with Gasteiger partial charge in [0.05, 0.1) is 6.61 Å².